The highest BCUT2D eigenvalue weighted by Gasteiger charge is 2.25. The van der Waals surface area contributed by atoms with Gasteiger partial charge in [0.1, 0.15) is 12.0 Å². The first-order chi connectivity index (χ1) is 13.0. The van der Waals surface area contributed by atoms with Crippen LogP contribution in [0.3, 0.4) is 0 Å². The van der Waals surface area contributed by atoms with Crippen LogP contribution in [0.2, 0.25) is 0 Å². The molecule has 3 aromatic rings. The molecule has 1 aliphatic rings. The fraction of sp³-hybridized carbons (Fsp3) is 0.474. The third-order valence-electron chi connectivity index (χ3n) is 5.00. The zero-order valence-corrected chi connectivity index (χ0v) is 15.8. The number of aryl methyl sites for hydroxylation is 1. The smallest absolute Gasteiger partial charge is 0.269 e. The van der Waals surface area contributed by atoms with Crippen LogP contribution in [0.15, 0.2) is 18.6 Å². The lowest BCUT2D eigenvalue weighted by molar-refractivity contribution is 0.0693. The number of ether oxygens (including phenoxy) is 1. The van der Waals surface area contributed by atoms with Gasteiger partial charge in [0.25, 0.3) is 5.91 Å². The van der Waals surface area contributed by atoms with E-state index in [9.17, 15) is 4.79 Å². The lowest BCUT2D eigenvalue weighted by Gasteiger charge is -2.23. The first-order valence-electron chi connectivity index (χ1n) is 9.32. The largest absolute Gasteiger partial charge is 0.381 e. The minimum absolute atomic E-state index is 0.108. The summed E-state index contributed by atoms with van der Waals surface area (Å²) < 4.78 is 7.11. The third kappa shape index (κ3) is 3.32. The summed E-state index contributed by atoms with van der Waals surface area (Å²) in [5.41, 5.74) is 4.97. The molecule has 4 rings (SSSR count). The monoisotopic (exact) mass is 368 g/mol. The highest BCUT2D eigenvalue weighted by atomic mass is 16.5. The molecule has 8 nitrogen and oxygen atoms in total. The molecule has 4 heterocycles. The number of fused-ring (bicyclic) bond motifs is 1. The van der Waals surface area contributed by atoms with Crippen LogP contribution in [0.25, 0.3) is 16.9 Å². The Morgan fingerprint density at radius 2 is 2.15 bits per heavy atom. The maximum Gasteiger partial charge on any atom is 0.269 e. The van der Waals surface area contributed by atoms with E-state index in [1.807, 2.05) is 19.2 Å². The minimum atomic E-state index is -0.108. The molecular weight excluding hydrogens is 344 g/mol. The molecule has 0 saturated carbocycles. The molecule has 1 amide bonds. The second kappa shape index (κ2) is 7.11. The summed E-state index contributed by atoms with van der Waals surface area (Å²) in [6.45, 7) is 7.51. The van der Waals surface area contributed by atoms with E-state index >= 15 is 0 Å². The van der Waals surface area contributed by atoms with E-state index < -0.39 is 0 Å². The number of aromatic nitrogens is 5. The quantitative estimate of drug-likeness (QED) is 0.737. The average Bonchev–Trinajstić information content (AvgIpc) is 3.29. The highest BCUT2D eigenvalue weighted by molar-refractivity contribution is 5.96. The Kier molecular flexibility index (Phi) is 4.65. The van der Waals surface area contributed by atoms with Crippen molar-refractivity contribution in [2.75, 3.05) is 13.2 Å². The number of aromatic amines is 1. The van der Waals surface area contributed by atoms with Crippen molar-refractivity contribution in [3.63, 3.8) is 0 Å². The van der Waals surface area contributed by atoms with Crippen molar-refractivity contribution in [1.29, 1.82) is 0 Å². The van der Waals surface area contributed by atoms with Crippen molar-refractivity contribution in [1.82, 2.24) is 30.1 Å². The molecular formula is C19H24N6O2. The average molecular weight is 368 g/mol. The second-order valence-electron chi connectivity index (χ2n) is 7.32. The summed E-state index contributed by atoms with van der Waals surface area (Å²) >= 11 is 0. The van der Waals surface area contributed by atoms with Gasteiger partial charge in [-0.2, -0.15) is 10.2 Å². The molecule has 0 radical (unpaired) electrons. The number of rotatable bonds is 4. The van der Waals surface area contributed by atoms with E-state index in [1.54, 1.807) is 4.52 Å². The van der Waals surface area contributed by atoms with E-state index in [1.165, 1.54) is 6.33 Å². The number of hydrogen-bond donors (Lipinski definition) is 2. The number of carbonyl (C=O) groups excluding carboxylic acids is 1. The molecule has 2 N–H and O–H groups in total. The first kappa shape index (κ1) is 17.7. The van der Waals surface area contributed by atoms with Crippen LogP contribution in [0.5, 0.6) is 0 Å². The Hall–Kier alpha value is -2.74. The number of H-pyrrole nitrogens is 1. The number of nitrogens with zero attached hydrogens (tertiary/aromatic N) is 4. The van der Waals surface area contributed by atoms with Crippen LogP contribution in [-0.4, -0.2) is 50.0 Å². The molecule has 142 valence electrons. The summed E-state index contributed by atoms with van der Waals surface area (Å²) in [5, 5.41) is 14.8. The minimum Gasteiger partial charge on any atom is -0.381 e. The van der Waals surface area contributed by atoms with Gasteiger partial charge in [-0.3, -0.25) is 9.89 Å². The Labute approximate surface area is 157 Å². The lowest BCUT2D eigenvalue weighted by Crippen LogP contribution is -2.39. The van der Waals surface area contributed by atoms with Crippen molar-refractivity contribution in [3.05, 3.63) is 35.4 Å². The van der Waals surface area contributed by atoms with Crippen LogP contribution < -0.4 is 5.32 Å². The molecule has 0 spiro atoms. The molecule has 0 atom stereocenters. The fourth-order valence-electron chi connectivity index (χ4n) is 3.63. The van der Waals surface area contributed by atoms with E-state index in [0.717, 1.165) is 40.9 Å². The standard InChI is InChI=1S/C19H24N6O2/c1-11(2)15-16(13-8-12(3)18-20-10-21-25(18)9-13)23-24-17(15)19(26)22-14-4-6-27-7-5-14/h8-11,14H,4-7H2,1-3H3,(H,22,26)(H,23,24). The number of pyridine rings is 1. The van der Waals surface area contributed by atoms with Gasteiger partial charge in [-0.1, -0.05) is 13.8 Å². The van der Waals surface area contributed by atoms with Crippen LogP contribution in [-0.2, 0) is 4.74 Å². The maximum absolute atomic E-state index is 12.9. The summed E-state index contributed by atoms with van der Waals surface area (Å²) in [5.74, 6) is 0.0313. The van der Waals surface area contributed by atoms with Gasteiger partial charge in [0.15, 0.2) is 5.65 Å². The van der Waals surface area contributed by atoms with E-state index in [0.29, 0.717) is 18.9 Å². The Morgan fingerprint density at radius 3 is 2.89 bits per heavy atom. The van der Waals surface area contributed by atoms with Crippen LogP contribution >= 0.6 is 0 Å². The maximum atomic E-state index is 12.9. The molecule has 8 heteroatoms. The van der Waals surface area contributed by atoms with Gasteiger partial charge in [0.2, 0.25) is 0 Å². The van der Waals surface area contributed by atoms with Gasteiger partial charge in [0.05, 0.1) is 5.69 Å². The second-order valence-corrected chi connectivity index (χ2v) is 7.32. The molecule has 0 unspecified atom stereocenters. The van der Waals surface area contributed by atoms with Gasteiger partial charge in [-0.05, 0) is 37.3 Å². The Morgan fingerprint density at radius 1 is 1.37 bits per heavy atom. The van der Waals surface area contributed by atoms with Gasteiger partial charge in [0, 0.05) is 36.6 Å². The first-order valence-corrected chi connectivity index (χ1v) is 9.32. The lowest BCUT2D eigenvalue weighted by atomic mass is 9.96. The van der Waals surface area contributed by atoms with Gasteiger partial charge < -0.3 is 10.1 Å². The normalized spacial score (nSPS) is 15.6. The third-order valence-corrected chi connectivity index (χ3v) is 5.00. The highest BCUT2D eigenvalue weighted by Crippen LogP contribution is 2.31. The molecule has 1 saturated heterocycles. The SMILES string of the molecule is Cc1cc(-c2n[nH]c(C(=O)NC3CCOCC3)c2C(C)C)cn2ncnc12. The molecule has 0 aromatic carbocycles. The van der Waals surface area contributed by atoms with Gasteiger partial charge in [-0.25, -0.2) is 9.50 Å². The predicted octanol–water partition coefficient (Wildman–Crippen LogP) is 2.46. The van der Waals surface area contributed by atoms with E-state index in [-0.39, 0.29) is 17.9 Å². The van der Waals surface area contributed by atoms with E-state index in [4.69, 9.17) is 4.74 Å². The zero-order chi connectivity index (χ0) is 19.0. The van der Waals surface area contributed by atoms with Gasteiger partial charge in [-0.15, -0.1) is 0 Å². The van der Waals surface area contributed by atoms with Crippen LogP contribution in [0.1, 0.15) is 54.2 Å². The summed E-state index contributed by atoms with van der Waals surface area (Å²) in [6.07, 6.45) is 5.11. The van der Waals surface area contributed by atoms with Gasteiger partial charge >= 0.3 is 0 Å². The summed E-state index contributed by atoms with van der Waals surface area (Å²) in [6, 6.07) is 2.18. The predicted molar refractivity (Wildman–Crippen MR) is 101 cm³/mol. The van der Waals surface area contributed by atoms with E-state index in [2.05, 4.69) is 39.4 Å². The fourth-order valence-corrected chi connectivity index (χ4v) is 3.63. The Bertz CT molecular complexity index is 968. The van der Waals surface area contributed by atoms with Crippen molar-refractivity contribution in [2.45, 2.75) is 45.6 Å². The summed E-state index contributed by atoms with van der Waals surface area (Å²) in [4.78, 5) is 17.1. The molecule has 1 fully saturated rings. The number of hydrogen-bond acceptors (Lipinski definition) is 5. The van der Waals surface area contributed by atoms with Crippen LogP contribution in [0.4, 0.5) is 0 Å². The molecule has 0 aliphatic carbocycles. The topological polar surface area (TPSA) is 97.2 Å². The molecule has 3 aromatic heterocycles. The number of amides is 1. The number of carbonyl (C=O) groups is 1. The molecule has 1 aliphatic heterocycles. The zero-order valence-electron chi connectivity index (χ0n) is 15.8. The van der Waals surface area contributed by atoms with Crippen molar-refractivity contribution in [2.24, 2.45) is 0 Å². The van der Waals surface area contributed by atoms with Crippen LogP contribution in [0, 0.1) is 6.92 Å². The molecule has 27 heavy (non-hydrogen) atoms. The Balaban J connectivity index is 1.70. The summed E-state index contributed by atoms with van der Waals surface area (Å²) in [7, 11) is 0. The van der Waals surface area contributed by atoms with Crippen molar-refractivity contribution >= 4 is 11.6 Å². The number of nitrogens with one attached hydrogen (secondary N) is 2. The van der Waals surface area contributed by atoms with Crippen molar-refractivity contribution < 1.29 is 9.53 Å². The molecule has 0 bridgehead atoms. The van der Waals surface area contributed by atoms with Crippen molar-refractivity contribution in [3.8, 4) is 11.3 Å².